The van der Waals surface area contributed by atoms with E-state index in [4.69, 9.17) is 9.47 Å². The van der Waals surface area contributed by atoms with Crippen LogP contribution in [0.3, 0.4) is 0 Å². The zero-order valence-corrected chi connectivity index (χ0v) is 13.0. The first-order valence-corrected chi connectivity index (χ1v) is 7.09. The molecule has 0 bridgehead atoms. The molecule has 4 heteroatoms. The summed E-state index contributed by atoms with van der Waals surface area (Å²) in [5.74, 6) is 0.971. The molecule has 0 heterocycles. The van der Waals surface area contributed by atoms with Gasteiger partial charge in [-0.3, -0.25) is 0 Å². The number of methoxy groups -OCH3 is 1. The van der Waals surface area contributed by atoms with Crippen LogP contribution in [0, 0.1) is 6.92 Å². The Morgan fingerprint density at radius 1 is 1.28 bits per heavy atom. The van der Waals surface area contributed by atoms with E-state index < -0.39 is 0 Å². The minimum atomic E-state index is 0.583. The summed E-state index contributed by atoms with van der Waals surface area (Å²) < 4.78 is 11.9. The third-order valence-electron chi connectivity index (χ3n) is 2.59. The van der Waals surface area contributed by atoms with Gasteiger partial charge in [-0.2, -0.15) is 0 Å². The number of hydrogen-bond donors (Lipinski definition) is 1. The maximum absolute atomic E-state index is 5.81. The summed E-state index contributed by atoms with van der Waals surface area (Å²) in [5.41, 5.74) is 2.33. The lowest BCUT2D eigenvalue weighted by Crippen LogP contribution is -2.16. The third kappa shape index (κ3) is 4.96. The normalized spacial score (nSPS) is 10.7. The van der Waals surface area contributed by atoms with Gasteiger partial charge in [0, 0.05) is 23.7 Å². The van der Waals surface area contributed by atoms with Gasteiger partial charge in [0.1, 0.15) is 12.4 Å². The number of aryl methyl sites for hydroxylation is 1. The van der Waals surface area contributed by atoms with Crippen molar-refractivity contribution in [2.24, 2.45) is 0 Å². The highest BCUT2D eigenvalue weighted by molar-refractivity contribution is 9.10. The highest BCUT2D eigenvalue weighted by Gasteiger charge is 2.08. The van der Waals surface area contributed by atoms with Gasteiger partial charge < -0.3 is 14.8 Å². The van der Waals surface area contributed by atoms with E-state index in [1.54, 1.807) is 7.11 Å². The molecule has 0 amide bonds. The lowest BCUT2D eigenvalue weighted by molar-refractivity contribution is 0.145. The SMILES string of the molecule is CCCNCc1cc(Br)cc(C)c1OCCOC. The number of nitrogens with one attached hydrogen (secondary N) is 1. The quantitative estimate of drug-likeness (QED) is 0.747. The van der Waals surface area contributed by atoms with Crippen LogP contribution >= 0.6 is 15.9 Å². The third-order valence-corrected chi connectivity index (χ3v) is 3.05. The summed E-state index contributed by atoms with van der Waals surface area (Å²) in [6.07, 6.45) is 1.13. The Bertz CT molecular complexity index is 369. The summed E-state index contributed by atoms with van der Waals surface area (Å²) in [6, 6.07) is 4.18. The summed E-state index contributed by atoms with van der Waals surface area (Å²) in [6.45, 7) is 7.27. The average Bonchev–Trinajstić information content (AvgIpc) is 2.32. The van der Waals surface area contributed by atoms with E-state index in [1.165, 1.54) is 5.56 Å². The molecule has 0 fully saturated rings. The fourth-order valence-electron chi connectivity index (χ4n) is 1.76. The summed E-state index contributed by atoms with van der Waals surface area (Å²) in [4.78, 5) is 0. The van der Waals surface area contributed by atoms with Gasteiger partial charge in [-0.05, 0) is 37.6 Å². The fourth-order valence-corrected chi connectivity index (χ4v) is 2.38. The van der Waals surface area contributed by atoms with Crippen LogP contribution in [0.4, 0.5) is 0 Å². The van der Waals surface area contributed by atoms with Gasteiger partial charge in [0.05, 0.1) is 6.61 Å². The van der Waals surface area contributed by atoms with Crippen molar-refractivity contribution in [1.29, 1.82) is 0 Å². The molecule has 0 unspecified atom stereocenters. The van der Waals surface area contributed by atoms with Crippen molar-refractivity contribution >= 4 is 15.9 Å². The molecule has 0 aliphatic rings. The minimum Gasteiger partial charge on any atom is -0.491 e. The molecule has 0 aliphatic heterocycles. The van der Waals surface area contributed by atoms with Crippen molar-refractivity contribution in [3.05, 3.63) is 27.7 Å². The number of halogens is 1. The Kier molecular flexibility index (Phi) is 7.32. The summed E-state index contributed by atoms with van der Waals surface area (Å²) in [5, 5.41) is 3.40. The first-order chi connectivity index (χ1) is 8.69. The van der Waals surface area contributed by atoms with Crippen LogP contribution < -0.4 is 10.1 Å². The molecule has 0 aliphatic carbocycles. The zero-order valence-electron chi connectivity index (χ0n) is 11.4. The van der Waals surface area contributed by atoms with Crippen LogP contribution in [-0.2, 0) is 11.3 Å². The van der Waals surface area contributed by atoms with Crippen molar-refractivity contribution < 1.29 is 9.47 Å². The fraction of sp³-hybridized carbons (Fsp3) is 0.571. The van der Waals surface area contributed by atoms with Crippen molar-refractivity contribution in [3.8, 4) is 5.75 Å². The van der Waals surface area contributed by atoms with E-state index in [0.29, 0.717) is 13.2 Å². The van der Waals surface area contributed by atoms with Crippen LogP contribution in [0.1, 0.15) is 24.5 Å². The van der Waals surface area contributed by atoms with Crippen molar-refractivity contribution in [1.82, 2.24) is 5.32 Å². The van der Waals surface area contributed by atoms with Gasteiger partial charge >= 0.3 is 0 Å². The summed E-state index contributed by atoms with van der Waals surface area (Å²) in [7, 11) is 1.68. The molecule has 1 rings (SSSR count). The van der Waals surface area contributed by atoms with Gasteiger partial charge in [0.25, 0.3) is 0 Å². The standard InChI is InChI=1S/C14H22BrNO2/c1-4-5-16-10-12-9-13(15)8-11(2)14(12)18-7-6-17-3/h8-9,16H,4-7,10H2,1-3H3. The van der Waals surface area contributed by atoms with E-state index in [0.717, 1.165) is 35.3 Å². The molecule has 102 valence electrons. The highest BCUT2D eigenvalue weighted by Crippen LogP contribution is 2.28. The summed E-state index contributed by atoms with van der Waals surface area (Å²) >= 11 is 3.53. The van der Waals surface area contributed by atoms with Gasteiger partial charge in [0.2, 0.25) is 0 Å². The van der Waals surface area contributed by atoms with Gasteiger partial charge in [-0.25, -0.2) is 0 Å². The molecule has 0 saturated heterocycles. The Labute approximate surface area is 118 Å². The van der Waals surface area contributed by atoms with E-state index in [-0.39, 0.29) is 0 Å². The second kappa shape index (κ2) is 8.51. The molecule has 18 heavy (non-hydrogen) atoms. The molecular weight excluding hydrogens is 294 g/mol. The Hall–Kier alpha value is -0.580. The largest absolute Gasteiger partial charge is 0.491 e. The number of ether oxygens (including phenoxy) is 2. The second-order valence-electron chi connectivity index (χ2n) is 4.23. The molecular formula is C14H22BrNO2. The zero-order chi connectivity index (χ0) is 13.4. The molecule has 0 saturated carbocycles. The predicted octanol–water partition coefficient (Wildman–Crippen LogP) is 3.28. The molecule has 3 nitrogen and oxygen atoms in total. The molecule has 1 N–H and O–H groups in total. The van der Waals surface area contributed by atoms with Crippen molar-refractivity contribution in [2.45, 2.75) is 26.8 Å². The molecule has 1 aromatic carbocycles. The van der Waals surface area contributed by atoms with Gasteiger partial charge in [-0.15, -0.1) is 0 Å². The van der Waals surface area contributed by atoms with Gasteiger partial charge in [0.15, 0.2) is 0 Å². The first kappa shape index (κ1) is 15.5. The maximum atomic E-state index is 5.81. The first-order valence-electron chi connectivity index (χ1n) is 6.30. The number of hydrogen-bond acceptors (Lipinski definition) is 3. The molecule has 0 aromatic heterocycles. The smallest absolute Gasteiger partial charge is 0.126 e. The maximum Gasteiger partial charge on any atom is 0.126 e. The van der Waals surface area contributed by atoms with Crippen LogP contribution in [0.5, 0.6) is 5.75 Å². The van der Waals surface area contributed by atoms with E-state index >= 15 is 0 Å². The van der Waals surface area contributed by atoms with E-state index in [2.05, 4.69) is 47.2 Å². The highest BCUT2D eigenvalue weighted by atomic mass is 79.9. The molecule has 0 spiro atoms. The predicted molar refractivity (Wildman–Crippen MR) is 78.2 cm³/mol. The Morgan fingerprint density at radius 3 is 2.72 bits per heavy atom. The molecule has 0 atom stereocenters. The van der Waals surface area contributed by atoms with Crippen LogP contribution in [0.15, 0.2) is 16.6 Å². The van der Waals surface area contributed by atoms with E-state index in [1.807, 2.05) is 0 Å². The lowest BCUT2D eigenvalue weighted by Gasteiger charge is -2.15. The van der Waals surface area contributed by atoms with Crippen molar-refractivity contribution in [2.75, 3.05) is 26.9 Å². The monoisotopic (exact) mass is 315 g/mol. The minimum absolute atomic E-state index is 0.583. The van der Waals surface area contributed by atoms with Crippen LogP contribution in [-0.4, -0.2) is 26.9 Å². The number of rotatable bonds is 8. The van der Waals surface area contributed by atoms with Crippen LogP contribution in [0.25, 0.3) is 0 Å². The van der Waals surface area contributed by atoms with Crippen LogP contribution in [0.2, 0.25) is 0 Å². The topological polar surface area (TPSA) is 30.5 Å². The Balaban J connectivity index is 2.76. The Morgan fingerprint density at radius 2 is 2.06 bits per heavy atom. The van der Waals surface area contributed by atoms with Gasteiger partial charge in [-0.1, -0.05) is 22.9 Å². The van der Waals surface area contributed by atoms with E-state index in [9.17, 15) is 0 Å². The second-order valence-corrected chi connectivity index (χ2v) is 5.14. The lowest BCUT2D eigenvalue weighted by atomic mass is 10.1. The number of benzene rings is 1. The van der Waals surface area contributed by atoms with Crippen molar-refractivity contribution in [3.63, 3.8) is 0 Å². The molecule has 1 aromatic rings. The average molecular weight is 316 g/mol. The molecule has 0 radical (unpaired) electrons.